The van der Waals surface area contributed by atoms with Gasteiger partial charge in [-0.05, 0) is 85.5 Å². The van der Waals surface area contributed by atoms with E-state index in [0.717, 1.165) is 58.5 Å². The van der Waals surface area contributed by atoms with Crippen LogP contribution >= 0.6 is 0 Å². The maximum absolute atomic E-state index is 12.5. The molecule has 0 saturated carbocycles. The fourth-order valence-corrected chi connectivity index (χ4v) is 7.12. The summed E-state index contributed by atoms with van der Waals surface area (Å²) in [5.41, 5.74) is 4.64. The second kappa shape index (κ2) is 23.8. The van der Waals surface area contributed by atoms with Crippen molar-refractivity contribution in [2.75, 3.05) is 76.1 Å². The summed E-state index contributed by atoms with van der Waals surface area (Å²) in [7, 11) is 0. The van der Waals surface area contributed by atoms with Crippen LogP contribution in [0, 0.1) is 0 Å². The Hall–Kier alpha value is -7.56. The lowest BCUT2D eigenvalue weighted by Gasteiger charge is -2.33. The summed E-state index contributed by atoms with van der Waals surface area (Å²) in [5, 5.41) is 5.54. The molecule has 2 fully saturated rings. The molecule has 0 radical (unpaired) electrons. The average molecular weight is 877 g/mol. The molecule has 4 amide bonds. The molecule has 0 atom stereocenters. The molecule has 2 aliphatic heterocycles. The van der Waals surface area contributed by atoms with E-state index in [1.54, 1.807) is 95.0 Å². The number of hydrogen-bond donors (Lipinski definition) is 2. The number of anilines is 2. The van der Waals surface area contributed by atoms with E-state index in [1.165, 1.54) is 23.5 Å². The number of hydrogen-bond acceptors (Lipinski definition) is 12. The third kappa shape index (κ3) is 14.5. The number of benzene rings is 2. The summed E-state index contributed by atoms with van der Waals surface area (Å²) in [6.45, 7) is 7.63. The van der Waals surface area contributed by atoms with Crippen molar-refractivity contribution in [3.05, 3.63) is 169 Å². The van der Waals surface area contributed by atoms with Crippen LogP contribution in [0.4, 0.5) is 21.0 Å². The maximum Gasteiger partial charge on any atom is 0.416 e. The lowest BCUT2D eigenvalue weighted by Crippen LogP contribution is -2.50. The largest absolute Gasteiger partial charge is 0.416 e. The first kappa shape index (κ1) is 45.5. The number of carbonyl (C=O) groups excluding carboxylic acids is 4. The summed E-state index contributed by atoms with van der Waals surface area (Å²) >= 11 is 0. The molecule has 2 aliphatic rings. The van der Waals surface area contributed by atoms with Crippen LogP contribution in [0.25, 0.3) is 0 Å². The maximum atomic E-state index is 12.5. The van der Waals surface area contributed by atoms with Gasteiger partial charge in [0.25, 0.3) is 11.8 Å². The van der Waals surface area contributed by atoms with Crippen molar-refractivity contribution in [2.45, 2.75) is 19.3 Å². The molecule has 2 aromatic carbocycles. The number of carbonyl (C=O) groups is 4. The fourth-order valence-electron chi connectivity index (χ4n) is 7.12. The average Bonchev–Trinajstić information content (AvgIpc) is 3.36. The van der Waals surface area contributed by atoms with Gasteiger partial charge in [0, 0.05) is 107 Å². The number of nitrogens with zero attached hydrogens (tertiary/aromatic N) is 8. The molecule has 0 spiro atoms. The van der Waals surface area contributed by atoms with E-state index in [2.05, 4.69) is 52.5 Å². The first-order valence-corrected chi connectivity index (χ1v) is 21.7. The minimum Gasteiger partial charge on any atom is -0.391 e. The van der Waals surface area contributed by atoms with Crippen LogP contribution in [0.2, 0.25) is 0 Å². The van der Waals surface area contributed by atoms with Gasteiger partial charge in [0.05, 0.1) is 23.8 Å². The summed E-state index contributed by atoms with van der Waals surface area (Å²) in [6.07, 6.45) is 12.5. The molecule has 8 rings (SSSR count). The summed E-state index contributed by atoms with van der Waals surface area (Å²) in [5.74, 6) is -0.0395. The number of rotatable bonds is 13. The van der Waals surface area contributed by atoms with Crippen LogP contribution < -0.4 is 20.1 Å². The number of piperazine rings is 2. The first-order valence-electron chi connectivity index (χ1n) is 21.7. The molecular formula is C49H52N10O6. The van der Waals surface area contributed by atoms with E-state index in [1.807, 2.05) is 36.7 Å². The Labute approximate surface area is 378 Å². The Balaban J connectivity index is 0.000000194. The highest BCUT2D eigenvalue weighted by Crippen LogP contribution is 2.17. The molecule has 4 aromatic heterocycles. The number of aromatic nitrogens is 4. The highest BCUT2D eigenvalue weighted by atomic mass is 16.6. The number of amides is 4. The SMILES string of the molecule is O=C(Nc1ccc(OC(=O)N2CCN(CCCc3cccnc3)CC2)nc1)c1ccccc1.O=C(Nc1ccc(OC(=O)N2CCN(CCc3cccnc3)CC2)nc1)c1ccccc1. The van der Waals surface area contributed by atoms with Gasteiger partial charge >= 0.3 is 12.2 Å². The molecule has 16 heteroatoms. The summed E-state index contributed by atoms with van der Waals surface area (Å²) < 4.78 is 10.8. The summed E-state index contributed by atoms with van der Waals surface area (Å²) in [4.78, 5) is 74.0. The van der Waals surface area contributed by atoms with Crippen LogP contribution in [0.15, 0.2) is 146 Å². The Bertz CT molecular complexity index is 2400. The molecule has 65 heavy (non-hydrogen) atoms. The van der Waals surface area contributed by atoms with Crippen LogP contribution in [-0.4, -0.2) is 129 Å². The monoisotopic (exact) mass is 876 g/mol. The van der Waals surface area contributed by atoms with Crippen LogP contribution in [-0.2, 0) is 12.8 Å². The Morgan fingerprint density at radius 1 is 0.477 bits per heavy atom. The second-order valence-corrected chi connectivity index (χ2v) is 15.4. The zero-order chi connectivity index (χ0) is 45.1. The standard InChI is InChI=1S/C25H27N5O3.C24H25N5O3/c31-24(21-8-2-1-3-9-21)28-22-10-11-23(27-19-22)33-25(32)30-16-14-29(15-17-30)13-5-7-20-6-4-12-26-18-20;30-23(20-6-2-1-3-7-20)27-21-8-9-22(26-18-21)32-24(31)29-15-13-28(14-16-29)12-10-19-5-4-11-25-17-19/h1-4,6,8-12,18-19H,5,7,13-17H2,(H,28,31);1-9,11,17-18H,10,12-16H2,(H,27,30). The molecule has 2 saturated heterocycles. The lowest BCUT2D eigenvalue weighted by molar-refractivity contribution is 0.101. The highest BCUT2D eigenvalue weighted by molar-refractivity contribution is 6.04. The number of nitrogens with one attached hydrogen (secondary N) is 2. The van der Waals surface area contributed by atoms with Gasteiger partial charge in [-0.2, -0.15) is 0 Å². The minimum absolute atomic E-state index is 0.201. The predicted octanol–water partition coefficient (Wildman–Crippen LogP) is 6.57. The number of ether oxygens (including phenoxy) is 2. The van der Waals surface area contributed by atoms with Crippen LogP contribution in [0.1, 0.15) is 38.3 Å². The Morgan fingerprint density at radius 3 is 1.34 bits per heavy atom. The van der Waals surface area contributed by atoms with Gasteiger partial charge in [0.2, 0.25) is 11.8 Å². The molecule has 0 bridgehead atoms. The topological polar surface area (TPSA) is 175 Å². The van der Waals surface area contributed by atoms with Crippen LogP contribution in [0.5, 0.6) is 11.8 Å². The third-order valence-electron chi connectivity index (χ3n) is 10.8. The molecule has 6 heterocycles. The Morgan fingerprint density at radius 2 is 0.923 bits per heavy atom. The van der Waals surface area contributed by atoms with Gasteiger partial charge in [-0.3, -0.25) is 29.4 Å². The van der Waals surface area contributed by atoms with Crippen molar-refractivity contribution < 1.29 is 28.7 Å². The van der Waals surface area contributed by atoms with E-state index in [9.17, 15) is 19.2 Å². The van der Waals surface area contributed by atoms with Crippen molar-refractivity contribution in [1.29, 1.82) is 0 Å². The molecule has 0 aliphatic carbocycles. The predicted molar refractivity (Wildman–Crippen MR) is 246 cm³/mol. The van der Waals surface area contributed by atoms with Crippen molar-refractivity contribution >= 4 is 35.4 Å². The van der Waals surface area contributed by atoms with E-state index in [4.69, 9.17) is 9.47 Å². The minimum atomic E-state index is -0.412. The molecule has 6 aromatic rings. The lowest BCUT2D eigenvalue weighted by atomic mass is 10.1. The number of aryl methyl sites for hydroxylation is 1. The molecule has 2 N–H and O–H groups in total. The Kier molecular flexibility index (Phi) is 16.6. The van der Waals surface area contributed by atoms with E-state index in [-0.39, 0.29) is 23.6 Å². The van der Waals surface area contributed by atoms with Gasteiger partial charge in [-0.1, -0.05) is 48.5 Å². The fraction of sp³-hybridized carbons (Fsp3) is 0.265. The van der Waals surface area contributed by atoms with Crippen LogP contribution in [0.3, 0.4) is 0 Å². The molecule has 16 nitrogen and oxygen atoms in total. The highest BCUT2D eigenvalue weighted by Gasteiger charge is 2.24. The van der Waals surface area contributed by atoms with E-state index >= 15 is 0 Å². The van der Waals surface area contributed by atoms with Crippen molar-refractivity contribution in [2.24, 2.45) is 0 Å². The normalized spacial score (nSPS) is 14.0. The van der Waals surface area contributed by atoms with Gasteiger partial charge in [-0.25, -0.2) is 19.6 Å². The molecule has 0 unspecified atom stereocenters. The van der Waals surface area contributed by atoms with Gasteiger partial charge in [0.1, 0.15) is 0 Å². The van der Waals surface area contributed by atoms with Crippen molar-refractivity contribution in [3.63, 3.8) is 0 Å². The first-order chi connectivity index (χ1) is 31.8. The number of pyridine rings is 4. The van der Waals surface area contributed by atoms with E-state index in [0.29, 0.717) is 48.7 Å². The van der Waals surface area contributed by atoms with Crippen molar-refractivity contribution in [1.82, 2.24) is 39.5 Å². The zero-order valence-electron chi connectivity index (χ0n) is 36.1. The molecule has 334 valence electrons. The van der Waals surface area contributed by atoms with E-state index < -0.39 is 12.2 Å². The van der Waals surface area contributed by atoms with Gasteiger partial charge in [-0.15, -0.1) is 0 Å². The summed E-state index contributed by atoms with van der Waals surface area (Å²) in [6, 6.07) is 32.4. The van der Waals surface area contributed by atoms with Gasteiger partial charge in [0.15, 0.2) is 0 Å². The smallest absolute Gasteiger partial charge is 0.391 e. The second-order valence-electron chi connectivity index (χ2n) is 15.4. The zero-order valence-corrected chi connectivity index (χ0v) is 36.1. The molecular weight excluding hydrogens is 825 g/mol. The third-order valence-corrected chi connectivity index (χ3v) is 10.8. The van der Waals surface area contributed by atoms with Crippen molar-refractivity contribution in [3.8, 4) is 11.8 Å². The van der Waals surface area contributed by atoms with Gasteiger partial charge < -0.3 is 29.9 Å². The quantitative estimate of drug-likeness (QED) is 0.128.